The van der Waals surface area contributed by atoms with Gasteiger partial charge >= 0.3 is 0 Å². The number of hydrogen-bond acceptors (Lipinski definition) is 1. The molecule has 0 aliphatic carbocycles. The minimum absolute atomic E-state index is 0. The third kappa shape index (κ3) is 2.22. The molecule has 0 aromatic heterocycles. The molecule has 1 atom stereocenters. The summed E-state index contributed by atoms with van der Waals surface area (Å²) in [4.78, 5) is 0. The largest absolute Gasteiger partial charge is 0.310 e. The molecular formula is C9H10BrClFN. The van der Waals surface area contributed by atoms with Gasteiger partial charge in [-0.15, -0.1) is 12.4 Å². The third-order valence-electron chi connectivity index (χ3n) is 2.16. The lowest BCUT2D eigenvalue weighted by Gasteiger charge is -2.28. The molecule has 1 saturated heterocycles. The molecule has 2 rings (SSSR count). The molecule has 1 nitrogen and oxygen atoms in total. The molecule has 1 aromatic carbocycles. The van der Waals surface area contributed by atoms with Gasteiger partial charge in [-0.2, -0.15) is 0 Å². The first-order valence-corrected chi connectivity index (χ1v) is 4.75. The lowest BCUT2D eigenvalue weighted by molar-refractivity contribution is 0.380. The van der Waals surface area contributed by atoms with Crippen molar-refractivity contribution in [3.8, 4) is 0 Å². The van der Waals surface area contributed by atoms with Crippen molar-refractivity contribution in [3.63, 3.8) is 0 Å². The van der Waals surface area contributed by atoms with Gasteiger partial charge in [-0.1, -0.05) is 15.9 Å². The number of benzene rings is 1. The SMILES string of the molecule is Cl.Fc1ccc(Br)c([C@H]2CCN2)c1. The topological polar surface area (TPSA) is 12.0 Å². The fraction of sp³-hybridized carbons (Fsp3) is 0.333. The van der Waals surface area contributed by atoms with Crippen LogP contribution in [0, 0.1) is 5.82 Å². The van der Waals surface area contributed by atoms with Gasteiger partial charge in [0.2, 0.25) is 0 Å². The molecule has 1 heterocycles. The highest BCUT2D eigenvalue weighted by Gasteiger charge is 2.20. The van der Waals surface area contributed by atoms with Crippen molar-refractivity contribution < 1.29 is 4.39 Å². The van der Waals surface area contributed by atoms with Gasteiger partial charge in [-0.3, -0.25) is 0 Å². The van der Waals surface area contributed by atoms with Gasteiger partial charge in [0.05, 0.1) is 0 Å². The Bertz CT molecular complexity index is 302. The quantitative estimate of drug-likeness (QED) is 0.824. The number of hydrogen-bond donors (Lipinski definition) is 1. The Morgan fingerprint density at radius 3 is 2.69 bits per heavy atom. The summed E-state index contributed by atoms with van der Waals surface area (Å²) in [6, 6.07) is 5.15. The molecule has 13 heavy (non-hydrogen) atoms. The highest BCUT2D eigenvalue weighted by molar-refractivity contribution is 9.10. The summed E-state index contributed by atoms with van der Waals surface area (Å²) >= 11 is 3.40. The molecule has 0 spiro atoms. The first-order chi connectivity index (χ1) is 5.77. The smallest absolute Gasteiger partial charge is 0.123 e. The fourth-order valence-electron chi connectivity index (χ4n) is 1.34. The molecular weight excluding hydrogens is 256 g/mol. The zero-order valence-corrected chi connectivity index (χ0v) is 9.29. The van der Waals surface area contributed by atoms with E-state index in [1.54, 1.807) is 12.1 Å². The van der Waals surface area contributed by atoms with E-state index in [-0.39, 0.29) is 18.2 Å². The van der Waals surface area contributed by atoms with E-state index in [1.807, 2.05) is 0 Å². The van der Waals surface area contributed by atoms with Crippen LogP contribution in [-0.4, -0.2) is 6.54 Å². The lowest BCUT2D eigenvalue weighted by atomic mass is 9.98. The van der Waals surface area contributed by atoms with E-state index in [0.717, 1.165) is 23.0 Å². The van der Waals surface area contributed by atoms with Crippen molar-refractivity contribution in [2.24, 2.45) is 0 Å². The second-order valence-corrected chi connectivity index (χ2v) is 3.82. The second-order valence-electron chi connectivity index (χ2n) is 2.96. The Hall–Kier alpha value is -0.120. The Kier molecular flexibility index (Phi) is 3.71. The molecule has 1 N–H and O–H groups in total. The Labute approximate surface area is 91.3 Å². The maximum absolute atomic E-state index is 12.8. The summed E-state index contributed by atoms with van der Waals surface area (Å²) in [6.45, 7) is 1.04. The molecule has 0 amide bonds. The molecule has 72 valence electrons. The van der Waals surface area contributed by atoms with Crippen molar-refractivity contribution in [2.75, 3.05) is 6.54 Å². The normalized spacial score (nSPS) is 20.3. The van der Waals surface area contributed by atoms with Crippen LogP contribution in [0.5, 0.6) is 0 Å². The van der Waals surface area contributed by atoms with Crippen molar-refractivity contribution >= 4 is 28.3 Å². The second kappa shape index (κ2) is 4.40. The minimum atomic E-state index is -0.165. The van der Waals surface area contributed by atoms with Crippen LogP contribution in [0.3, 0.4) is 0 Å². The average Bonchev–Trinajstić information content (AvgIpc) is 1.93. The molecule has 0 bridgehead atoms. The van der Waals surface area contributed by atoms with E-state index < -0.39 is 0 Å². The molecule has 4 heteroatoms. The van der Waals surface area contributed by atoms with Crippen LogP contribution in [0.1, 0.15) is 18.0 Å². The molecule has 0 radical (unpaired) electrons. The van der Waals surface area contributed by atoms with Crippen LogP contribution in [0.4, 0.5) is 4.39 Å². The van der Waals surface area contributed by atoms with Gasteiger partial charge in [-0.05, 0) is 36.7 Å². The van der Waals surface area contributed by atoms with Crippen molar-refractivity contribution in [1.82, 2.24) is 5.32 Å². The number of rotatable bonds is 1. The van der Waals surface area contributed by atoms with Gasteiger partial charge in [0.15, 0.2) is 0 Å². The molecule has 1 fully saturated rings. The maximum Gasteiger partial charge on any atom is 0.123 e. The minimum Gasteiger partial charge on any atom is -0.310 e. The summed E-state index contributed by atoms with van der Waals surface area (Å²) in [5.41, 5.74) is 1.03. The van der Waals surface area contributed by atoms with Crippen LogP contribution in [0.25, 0.3) is 0 Å². The summed E-state index contributed by atoms with van der Waals surface area (Å²) in [5, 5.41) is 3.23. The van der Waals surface area contributed by atoms with Crippen LogP contribution in [0.2, 0.25) is 0 Å². The summed E-state index contributed by atoms with van der Waals surface area (Å²) in [6.07, 6.45) is 1.10. The molecule has 1 aliphatic rings. The molecule has 1 aromatic rings. The van der Waals surface area contributed by atoms with Crippen LogP contribution in [0.15, 0.2) is 22.7 Å². The summed E-state index contributed by atoms with van der Waals surface area (Å²) < 4.78 is 13.8. The van der Waals surface area contributed by atoms with Gasteiger partial charge in [0, 0.05) is 10.5 Å². The maximum atomic E-state index is 12.8. The standard InChI is InChI=1S/C9H9BrFN.ClH/c10-8-2-1-6(11)5-7(8)9-3-4-12-9;/h1-2,5,9,12H,3-4H2;1H/t9-;/m1./s1. The lowest BCUT2D eigenvalue weighted by Crippen LogP contribution is -2.35. The highest BCUT2D eigenvalue weighted by atomic mass is 79.9. The molecule has 0 saturated carbocycles. The van der Waals surface area contributed by atoms with E-state index in [2.05, 4.69) is 21.2 Å². The first-order valence-electron chi connectivity index (χ1n) is 3.96. The van der Waals surface area contributed by atoms with E-state index in [1.165, 1.54) is 6.07 Å². The van der Waals surface area contributed by atoms with Crippen molar-refractivity contribution in [1.29, 1.82) is 0 Å². The number of nitrogens with one attached hydrogen (secondary N) is 1. The van der Waals surface area contributed by atoms with Gasteiger partial charge in [-0.25, -0.2) is 4.39 Å². The number of halogens is 3. The summed E-state index contributed by atoms with van der Waals surface area (Å²) in [5.74, 6) is -0.165. The van der Waals surface area contributed by atoms with E-state index >= 15 is 0 Å². The van der Waals surface area contributed by atoms with Crippen LogP contribution >= 0.6 is 28.3 Å². The van der Waals surface area contributed by atoms with Gasteiger partial charge in [0.25, 0.3) is 0 Å². The van der Waals surface area contributed by atoms with E-state index in [9.17, 15) is 4.39 Å². The zero-order valence-electron chi connectivity index (χ0n) is 6.89. The van der Waals surface area contributed by atoms with Gasteiger partial charge < -0.3 is 5.32 Å². The Balaban J connectivity index is 0.000000845. The van der Waals surface area contributed by atoms with Crippen molar-refractivity contribution in [2.45, 2.75) is 12.5 Å². The van der Waals surface area contributed by atoms with E-state index in [0.29, 0.717) is 6.04 Å². The third-order valence-corrected chi connectivity index (χ3v) is 2.88. The Morgan fingerprint density at radius 2 is 2.15 bits per heavy atom. The average molecular weight is 267 g/mol. The predicted octanol–water partition coefficient (Wildman–Crippen LogP) is 3.04. The Morgan fingerprint density at radius 1 is 1.46 bits per heavy atom. The summed E-state index contributed by atoms with van der Waals surface area (Å²) in [7, 11) is 0. The highest BCUT2D eigenvalue weighted by Crippen LogP contribution is 2.29. The predicted molar refractivity (Wildman–Crippen MR) is 56.7 cm³/mol. The monoisotopic (exact) mass is 265 g/mol. The van der Waals surface area contributed by atoms with Crippen molar-refractivity contribution in [3.05, 3.63) is 34.1 Å². The molecule has 1 aliphatic heterocycles. The zero-order chi connectivity index (χ0) is 8.55. The van der Waals surface area contributed by atoms with Crippen LogP contribution in [-0.2, 0) is 0 Å². The van der Waals surface area contributed by atoms with Crippen LogP contribution < -0.4 is 5.32 Å². The van der Waals surface area contributed by atoms with Gasteiger partial charge in [0.1, 0.15) is 5.82 Å². The van der Waals surface area contributed by atoms with E-state index in [4.69, 9.17) is 0 Å². The molecule has 0 unspecified atom stereocenters. The fourth-order valence-corrected chi connectivity index (χ4v) is 1.86. The first kappa shape index (κ1) is 11.0.